The van der Waals surface area contributed by atoms with Crippen molar-refractivity contribution in [1.82, 2.24) is 0 Å². The molecule has 0 aliphatic heterocycles. The van der Waals surface area contributed by atoms with Crippen molar-refractivity contribution in [2.75, 3.05) is 5.32 Å². The van der Waals surface area contributed by atoms with Gasteiger partial charge in [0.15, 0.2) is 0 Å². The zero-order valence-corrected chi connectivity index (χ0v) is 11.3. The molecule has 0 radical (unpaired) electrons. The first kappa shape index (κ1) is 14.1. The summed E-state index contributed by atoms with van der Waals surface area (Å²) in [5, 5.41) is 12.4. The van der Waals surface area contributed by atoms with Gasteiger partial charge in [-0.3, -0.25) is 4.79 Å². The molecule has 2 aromatic rings. The second-order valence-electron chi connectivity index (χ2n) is 4.76. The highest BCUT2D eigenvalue weighted by atomic mass is 16.3. The van der Waals surface area contributed by atoms with E-state index in [0.717, 1.165) is 11.3 Å². The van der Waals surface area contributed by atoms with E-state index in [1.807, 2.05) is 31.2 Å². The lowest BCUT2D eigenvalue weighted by atomic mass is 10.1. The second kappa shape index (κ2) is 6.21. The zero-order chi connectivity index (χ0) is 14.5. The number of benzene rings is 2. The number of carbonyl (C=O) groups is 1. The van der Waals surface area contributed by atoms with Crippen LogP contribution >= 0.6 is 0 Å². The zero-order valence-electron chi connectivity index (χ0n) is 11.3. The summed E-state index contributed by atoms with van der Waals surface area (Å²) in [6, 6.07) is 14.2. The molecule has 0 spiro atoms. The Bertz CT molecular complexity index is 592. The van der Waals surface area contributed by atoms with Crippen LogP contribution in [0, 0.1) is 0 Å². The molecule has 104 valence electrons. The maximum atomic E-state index is 11.9. The minimum atomic E-state index is -0.167. The molecule has 2 aromatic carbocycles. The van der Waals surface area contributed by atoms with Crippen LogP contribution in [0.25, 0.3) is 0 Å². The van der Waals surface area contributed by atoms with Crippen LogP contribution in [0.3, 0.4) is 0 Å². The van der Waals surface area contributed by atoms with Gasteiger partial charge < -0.3 is 16.2 Å². The molecule has 0 heterocycles. The van der Waals surface area contributed by atoms with Crippen LogP contribution in [0.1, 0.15) is 24.1 Å². The summed E-state index contributed by atoms with van der Waals surface area (Å²) in [5.41, 5.74) is 8.11. The number of rotatable bonds is 4. The molecular formula is C16H18N2O2. The molecule has 2 rings (SSSR count). The van der Waals surface area contributed by atoms with E-state index in [0.29, 0.717) is 5.56 Å². The lowest BCUT2D eigenvalue weighted by molar-refractivity contribution is -0.115. The van der Waals surface area contributed by atoms with E-state index < -0.39 is 0 Å². The molecular weight excluding hydrogens is 252 g/mol. The van der Waals surface area contributed by atoms with Gasteiger partial charge in [0.25, 0.3) is 0 Å². The van der Waals surface area contributed by atoms with Gasteiger partial charge in [0.05, 0.1) is 6.42 Å². The lowest BCUT2D eigenvalue weighted by Gasteiger charge is -2.09. The van der Waals surface area contributed by atoms with E-state index in [1.54, 1.807) is 24.3 Å². The smallest absolute Gasteiger partial charge is 0.228 e. The fraction of sp³-hybridized carbons (Fsp3) is 0.188. The van der Waals surface area contributed by atoms with Crippen molar-refractivity contribution in [1.29, 1.82) is 0 Å². The summed E-state index contributed by atoms with van der Waals surface area (Å²) in [7, 11) is 0. The van der Waals surface area contributed by atoms with E-state index in [1.165, 1.54) is 0 Å². The Morgan fingerprint density at radius 3 is 2.45 bits per heavy atom. The number of nitrogens with one attached hydrogen (secondary N) is 1. The molecule has 0 bridgehead atoms. The SMILES string of the molecule is CC(N)c1ccc(NC(=O)Cc2ccccc2O)cc1. The Balaban J connectivity index is 1.99. The summed E-state index contributed by atoms with van der Waals surface area (Å²) in [5.74, 6) is -0.0324. The molecule has 0 saturated heterocycles. The van der Waals surface area contributed by atoms with Crippen molar-refractivity contribution in [2.24, 2.45) is 5.73 Å². The van der Waals surface area contributed by atoms with Crippen molar-refractivity contribution >= 4 is 11.6 Å². The van der Waals surface area contributed by atoms with Gasteiger partial charge in [-0.2, -0.15) is 0 Å². The molecule has 1 unspecified atom stereocenters. The van der Waals surface area contributed by atoms with Crippen LogP contribution in [0.2, 0.25) is 0 Å². The molecule has 1 atom stereocenters. The van der Waals surface area contributed by atoms with Gasteiger partial charge in [-0.25, -0.2) is 0 Å². The van der Waals surface area contributed by atoms with Crippen molar-refractivity contribution in [3.63, 3.8) is 0 Å². The fourth-order valence-electron chi connectivity index (χ4n) is 1.91. The standard InChI is InChI=1S/C16H18N2O2/c1-11(17)12-6-8-14(9-7-12)18-16(20)10-13-4-2-3-5-15(13)19/h2-9,11,19H,10,17H2,1H3,(H,18,20). The highest BCUT2D eigenvalue weighted by Gasteiger charge is 2.07. The molecule has 20 heavy (non-hydrogen) atoms. The molecule has 4 heteroatoms. The normalized spacial score (nSPS) is 11.9. The Morgan fingerprint density at radius 1 is 1.20 bits per heavy atom. The lowest BCUT2D eigenvalue weighted by Crippen LogP contribution is -2.14. The number of phenols is 1. The minimum Gasteiger partial charge on any atom is -0.508 e. The summed E-state index contributed by atoms with van der Waals surface area (Å²) in [6.45, 7) is 1.91. The molecule has 1 amide bonds. The topological polar surface area (TPSA) is 75.3 Å². The number of nitrogens with two attached hydrogens (primary N) is 1. The quantitative estimate of drug-likeness (QED) is 0.799. The van der Waals surface area contributed by atoms with Crippen LogP contribution in [0.4, 0.5) is 5.69 Å². The third-order valence-electron chi connectivity index (χ3n) is 3.06. The van der Waals surface area contributed by atoms with Gasteiger partial charge in [-0.1, -0.05) is 30.3 Å². The molecule has 0 aliphatic carbocycles. The van der Waals surface area contributed by atoms with Crippen molar-refractivity contribution < 1.29 is 9.90 Å². The minimum absolute atomic E-state index is 0.0268. The number of carbonyl (C=O) groups excluding carboxylic acids is 1. The van der Waals surface area contributed by atoms with E-state index in [9.17, 15) is 9.90 Å². The van der Waals surface area contributed by atoms with Gasteiger partial charge in [0.1, 0.15) is 5.75 Å². The van der Waals surface area contributed by atoms with Crippen molar-refractivity contribution in [3.8, 4) is 5.75 Å². The summed E-state index contributed by atoms with van der Waals surface area (Å²) >= 11 is 0. The van der Waals surface area contributed by atoms with Crippen LogP contribution in [-0.2, 0) is 11.2 Å². The van der Waals surface area contributed by atoms with Crippen LogP contribution in [0.5, 0.6) is 5.75 Å². The maximum Gasteiger partial charge on any atom is 0.228 e. The van der Waals surface area contributed by atoms with Crippen molar-refractivity contribution in [2.45, 2.75) is 19.4 Å². The van der Waals surface area contributed by atoms with Gasteiger partial charge in [-0.15, -0.1) is 0 Å². The Labute approximate surface area is 118 Å². The first-order valence-corrected chi connectivity index (χ1v) is 6.48. The first-order valence-electron chi connectivity index (χ1n) is 6.48. The highest BCUT2D eigenvalue weighted by molar-refractivity contribution is 5.92. The number of anilines is 1. The number of hydrogen-bond acceptors (Lipinski definition) is 3. The van der Waals surface area contributed by atoms with E-state index in [2.05, 4.69) is 5.32 Å². The number of aromatic hydroxyl groups is 1. The number of amides is 1. The summed E-state index contributed by atoms with van der Waals surface area (Å²) in [6.07, 6.45) is 0.141. The second-order valence-corrected chi connectivity index (χ2v) is 4.76. The third-order valence-corrected chi connectivity index (χ3v) is 3.06. The van der Waals surface area contributed by atoms with E-state index >= 15 is 0 Å². The summed E-state index contributed by atoms with van der Waals surface area (Å²) in [4.78, 5) is 11.9. The van der Waals surface area contributed by atoms with Crippen LogP contribution in [-0.4, -0.2) is 11.0 Å². The van der Waals surface area contributed by atoms with Crippen molar-refractivity contribution in [3.05, 3.63) is 59.7 Å². The summed E-state index contributed by atoms with van der Waals surface area (Å²) < 4.78 is 0. The predicted octanol–water partition coefficient (Wildman–Crippen LogP) is 2.59. The molecule has 0 aliphatic rings. The fourth-order valence-corrected chi connectivity index (χ4v) is 1.91. The molecule has 0 fully saturated rings. The number of phenolic OH excluding ortho intramolecular Hbond substituents is 1. The predicted molar refractivity (Wildman–Crippen MR) is 79.5 cm³/mol. The van der Waals surface area contributed by atoms with Crippen LogP contribution in [0.15, 0.2) is 48.5 Å². The molecule has 4 nitrogen and oxygen atoms in total. The molecule has 0 aromatic heterocycles. The maximum absolute atomic E-state index is 11.9. The van der Waals surface area contributed by atoms with Gasteiger partial charge in [0, 0.05) is 17.3 Å². The van der Waals surface area contributed by atoms with E-state index in [-0.39, 0.29) is 24.1 Å². The van der Waals surface area contributed by atoms with Gasteiger partial charge in [0.2, 0.25) is 5.91 Å². The average Bonchev–Trinajstić information content (AvgIpc) is 2.42. The average molecular weight is 270 g/mol. The number of hydrogen-bond donors (Lipinski definition) is 3. The Hall–Kier alpha value is -2.33. The van der Waals surface area contributed by atoms with E-state index in [4.69, 9.17) is 5.73 Å². The van der Waals surface area contributed by atoms with Crippen LogP contribution < -0.4 is 11.1 Å². The monoisotopic (exact) mass is 270 g/mol. The molecule has 0 saturated carbocycles. The van der Waals surface area contributed by atoms with Gasteiger partial charge in [-0.05, 0) is 30.7 Å². The largest absolute Gasteiger partial charge is 0.508 e. The Kier molecular flexibility index (Phi) is 4.38. The van der Waals surface area contributed by atoms with Gasteiger partial charge >= 0.3 is 0 Å². The highest BCUT2D eigenvalue weighted by Crippen LogP contribution is 2.18. The molecule has 4 N–H and O–H groups in total. The number of para-hydroxylation sites is 1. The Morgan fingerprint density at radius 2 is 1.85 bits per heavy atom. The first-order chi connectivity index (χ1) is 9.56. The third kappa shape index (κ3) is 3.59.